The summed E-state index contributed by atoms with van der Waals surface area (Å²) in [4.78, 5) is 24.2. The Kier molecular flexibility index (Phi) is 7.63. The van der Waals surface area contributed by atoms with Crippen molar-refractivity contribution in [2.24, 2.45) is 0 Å². The highest BCUT2D eigenvalue weighted by Crippen LogP contribution is 2.26. The maximum absolute atomic E-state index is 12.6. The van der Waals surface area contributed by atoms with E-state index in [1.165, 1.54) is 25.3 Å². The fourth-order valence-corrected chi connectivity index (χ4v) is 2.99. The number of hydrogen-bond donors (Lipinski definition) is 1. The number of ether oxygens (including phenoxy) is 2. The topological polar surface area (TPSA) is 88.4 Å². The quantitative estimate of drug-likeness (QED) is 0.304. The van der Waals surface area contributed by atoms with E-state index in [2.05, 4.69) is 10.1 Å². The first-order chi connectivity index (χ1) is 15.5. The highest BCUT2D eigenvalue weighted by atomic mass is 35.5. The van der Waals surface area contributed by atoms with E-state index in [-0.39, 0.29) is 5.57 Å². The van der Waals surface area contributed by atoms with Gasteiger partial charge in [0.15, 0.2) is 0 Å². The number of methoxy groups -OCH3 is 1. The Balaban J connectivity index is 1.79. The van der Waals surface area contributed by atoms with Crippen molar-refractivity contribution in [2.75, 3.05) is 12.4 Å². The van der Waals surface area contributed by atoms with Gasteiger partial charge in [0.05, 0.1) is 12.7 Å². The van der Waals surface area contributed by atoms with Crippen LogP contribution in [-0.4, -0.2) is 19.0 Å². The van der Waals surface area contributed by atoms with Crippen LogP contribution in [0.4, 0.5) is 5.69 Å². The Morgan fingerprint density at radius 1 is 1.06 bits per heavy atom. The lowest BCUT2D eigenvalue weighted by molar-refractivity contribution is -0.112. The molecule has 6 nitrogen and oxygen atoms in total. The number of anilines is 1. The smallest absolute Gasteiger partial charge is 0.337 e. The van der Waals surface area contributed by atoms with Gasteiger partial charge in [-0.05, 0) is 54.1 Å². The van der Waals surface area contributed by atoms with Crippen LogP contribution in [0.15, 0.2) is 78.4 Å². The monoisotopic (exact) mass is 446 g/mol. The zero-order valence-corrected chi connectivity index (χ0v) is 17.9. The normalized spacial score (nSPS) is 10.7. The van der Waals surface area contributed by atoms with E-state index in [0.717, 1.165) is 5.56 Å². The van der Waals surface area contributed by atoms with E-state index in [0.29, 0.717) is 34.2 Å². The van der Waals surface area contributed by atoms with E-state index >= 15 is 0 Å². The average Bonchev–Trinajstić information content (AvgIpc) is 2.82. The van der Waals surface area contributed by atoms with Crippen LogP contribution in [0.25, 0.3) is 6.08 Å². The molecule has 0 saturated heterocycles. The first-order valence-electron chi connectivity index (χ1n) is 9.58. The molecule has 0 spiro atoms. The van der Waals surface area contributed by atoms with Gasteiger partial charge in [0.1, 0.15) is 24.0 Å². The van der Waals surface area contributed by atoms with Gasteiger partial charge in [0, 0.05) is 16.3 Å². The predicted molar refractivity (Wildman–Crippen MR) is 122 cm³/mol. The molecule has 0 aliphatic rings. The van der Waals surface area contributed by atoms with Crippen molar-refractivity contribution in [1.29, 1.82) is 5.26 Å². The van der Waals surface area contributed by atoms with E-state index in [4.69, 9.17) is 16.3 Å². The summed E-state index contributed by atoms with van der Waals surface area (Å²) >= 11 is 6.12. The number of hydrogen-bond acceptors (Lipinski definition) is 5. The second-order valence-corrected chi connectivity index (χ2v) is 7.09. The molecule has 1 amide bonds. The summed E-state index contributed by atoms with van der Waals surface area (Å²) in [7, 11) is 1.29. The third-order valence-corrected chi connectivity index (χ3v) is 4.67. The second-order valence-electron chi connectivity index (χ2n) is 6.65. The third-order valence-electron chi connectivity index (χ3n) is 4.44. The van der Waals surface area contributed by atoms with Crippen LogP contribution in [0.5, 0.6) is 5.75 Å². The van der Waals surface area contributed by atoms with Gasteiger partial charge in [-0.15, -0.1) is 0 Å². The van der Waals surface area contributed by atoms with Crippen LogP contribution in [0.1, 0.15) is 21.5 Å². The van der Waals surface area contributed by atoms with Gasteiger partial charge in [-0.1, -0.05) is 41.9 Å². The first kappa shape index (κ1) is 22.6. The van der Waals surface area contributed by atoms with Gasteiger partial charge in [-0.25, -0.2) is 4.79 Å². The zero-order valence-electron chi connectivity index (χ0n) is 17.2. The molecular weight excluding hydrogens is 428 g/mol. The molecule has 0 fully saturated rings. The SMILES string of the molecule is COC(=O)c1ccc(NC(=O)/C(C#N)=C/c2cc(Cl)ccc2OCc2ccccc2)cc1. The van der Waals surface area contributed by atoms with Crippen LogP contribution in [-0.2, 0) is 16.1 Å². The zero-order chi connectivity index (χ0) is 22.9. The number of carbonyl (C=O) groups excluding carboxylic acids is 2. The van der Waals surface area contributed by atoms with E-state index in [1.807, 2.05) is 36.4 Å². The summed E-state index contributed by atoms with van der Waals surface area (Å²) in [5.41, 5.74) is 2.12. The molecule has 0 saturated carbocycles. The Labute approximate surface area is 190 Å². The molecule has 7 heteroatoms. The molecule has 0 heterocycles. The molecule has 0 radical (unpaired) electrons. The predicted octanol–water partition coefficient (Wildman–Crippen LogP) is 5.25. The van der Waals surface area contributed by atoms with Gasteiger partial charge in [-0.2, -0.15) is 5.26 Å². The molecule has 3 aromatic rings. The van der Waals surface area contributed by atoms with Crippen LogP contribution in [0.3, 0.4) is 0 Å². The largest absolute Gasteiger partial charge is 0.488 e. The number of carbonyl (C=O) groups is 2. The minimum Gasteiger partial charge on any atom is -0.488 e. The molecular formula is C25H19ClN2O4. The fourth-order valence-electron chi connectivity index (χ4n) is 2.81. The van der Waals surface area contributed by atoms with Crippen molar-refractivity contribution < 1.29 is 19.1 Å². The molecule has 0 unspecified atom stereocenters. The number of amides is 1. The number of rotatable bonds is 7. The number of esters is 1. The minimum absolute atomic E-state index is 0.131. The lowest BCUT2D eigenvalue weighted by atomic mass is 10.1. The van der Waals surface area contributed by atoms with Crippen molar-refractivity contribution in [3.63, 3.8) is 0 Å². The number of nitrogens with zero attached hydrogens (tertiary/aromatic N) is 1. The van der Waals surface area contributed by atoms with E-state index < -0.39 is 11.9 Å². The van der Waals surface area contributed by atoms with Crippen molar-refractivity contribution in [2.45, 2.75) is 6.61 Å². The summed E-state index contributed by atoms with van der Waals surface area (Å²) in [6.07, 6.45) is 1.42. The first-order valence-corrected chi connectivity index (χ1v) is 9.95. The lowest BCUT2D eigenvalue weighted by Gasteiger charge is -2.11. The van der Waals surface area contributed by atoms with Crippen LogP contribution < -0.4 is 10.1 Å². The Morgan fingerprint density at radius 2 is 1.78 bits per heavy atom. The molecule has 0 aliphatic carbocycles. The molecule has 0 aliphatic heterocycles. The third kappa shape index (κ3) is 5.97. The standard InChI is InChI=1S/C25H19ClN2O4/c1-31-25(30)18-7-10-22(11-8-18)28-24(29)20(15-27)13-19-14-21(26)9-12-23(19)32-16-17-5-3-2-4-6-17/h2-14H,16H2,1H3,(H,28,29)/b20-13+. The van der Waals surface area contributed by atoms with Crippen LogP contribution >= 0.6 is 11.6 Å². The van der Waals surface area contributed by atoms with Gasteiger partial charge < -0.3 is 14.8 Å². The lowest BCUT2D eigenvalue weighted by Crippen LogP contribution is -2.13. The summed E-state index contributed by atoms with van der Waals surface area (Å²) in [6, 6.07) is 22.6. The second kappa shape index (κ2) is 10.8. The Hall–Kier alpha value is -4.08. The Morgan fingerprint density at radius 3 is 2.44 bits per heavy atom. The highest BCUT2D eigenvalue weighted by molar-refractivity contribution is 6.30. The number of nitrogens with one attached hydrogen (secondary N) is 1. The van der Waals surface area contributed by atoms with Crippen molar-refractivity contribution in [3.8, 4) is 11.8 Å². The van der Waals surface area contributed by atoms with E-state index in [9.17, 15) is 14.9 Å². The van der Waals surface area contributed by atoms with Gasteiger partial charge in [0.2, 0.25) is 0 Å². The number of nitriles is 1. The maximum Gasteiger partial charge on any atom is 0.337 e. The van der Waals surface area contributed by atoms with Crippen LogP contribution in [0.2, 0.25) is 5.02 Å². The molecule has 0 aromatic heterocycles. The van der Waals surface area contributed by atoms with Crippen molar-refractivity contribution in [3.05, 3.63) is 100 Å². The number of benzene rings is 3. The van der Waals surface area contributed by atoms with Gasteiger partial charge >= 0.3 is 5.97 Å². The summed E-state index contributed by atoms with van der Waals surface area (Å²) in [5, 5.41) is 12.6. The summed E-state index contributed by atoms with van der Waals surface area (Å²) in [5.74, 6) is -0.599. The van der Waals surface area contributed by atoms with Crippen LogP contribution in [0, 0.1) is 11.3 Å². The minimum atomic E-state index is -0.604. The fraction of sp³-hybridized carbons (Fsp3) is 0.0800. The maximum atomic E-state index is 12.6. The van der Waals surface area contributed by atoms with Gasteiger partial charge in [-0.3, -0.25) is 4.79 Å². The Bertz CT molecular complexity index is 1180. The van der Waals surface area contributed by atoms with Crippen molar-refractivity contribution >= 4 is 35.2 Å². The van der Waals surface area contributed by atoms with Crippen molar-refractivity contribution in [1.82, 2.24) is 0 Å². The molecule has 0 atom stereocenters. The molecule has 1 N–H and O–H groups in total. The number of halogens is 1. The van der Waals surface area contributed by atoms with Gasteiger partial charge in [0.25, 0.3) is 5.91 Å². The molecule has 160 valence electrons. The molecule has 3 aromatic carbocycles. The summed E-state index contributed by atoms with van der Waals surface area (Å²) in [6.45, 7) is 0.323. The average molecular weight is 447 g/mol. The summed E-state index contributed by atoms with van der Waals surface area (Å²) < 4.78 is 10.5. The molecule has 0 bridgehead atoms. The van der Waals surface area contributed by atoms with E-state index in [1.54, 1.807) is 30.3 Å². The molecule has 32 heavy (non-hydrogen) atoms. The highest BCUT2D eigenvalue weighted by Gasteiger charge is 2.13. The molecule has 3 rings (SSSR count).